The van der Waals surface area contributed by atoms with Gasteiger partial charge in [0.15, 0.2) is 5.69 Å². The summed E-state index contributed by atoms with van der Waals surface area (Å²) in [6, 6.07) is 8.53. The van der Waals surface area contributed by atoms with Gasteiger partial charge in [-0.1, -0.05) is 42.5 Å². The van der Waals surface area contributed by atoms with Crippen molar-refractivity contribution in [1.82, 2.24) is 15.2 Å². The Kier molecular flexibility index (Phi) is 11.3. The fourth-order valence-corrected chi connectivity index (χ4v) is 4.09. The van der Waals surface area contributed by atoms with Gasteiger partial charge >= 0.3 is 18.4 Å². The van der Waals surface area contributed by atoms with Crippen LogP contribution in [0.4, 0.5) is 36.8 Å². The van der Waals surface area contributed by atoms with E-state index in [0.29, 0.717) is 11.6 Å². The topological polar surface area (TPSA) is 109 Å². The first-order valence-electron chi connectivity index (χ1n) is 14.0. The molecule has 2 aromatic heterocycles. The van der Waals surface area contributed by atoms with Crippen LogP contribution in [0.2, 0.25) is 0 Å². The minimum atomic E-state index is -5.10. The Morgan fingerprint density at radius 3 is 2.28 bits per heavy atom. The summed E-state index contributed by atoms with van der Waals surface area (Å²) in [5.74, 6) is -2.74. The molecule has 250 valence electrons. The number of pyridine rings is 1. The minimum absolute atomic E-state index is 0.132. The molecule has 2 unspecified atom stereocenters. The van der Waals surface area contributed by atoms with Crippen LogP contribution in [0.3, 0.4) is 0 Å². The Morgan fingerprint density at radius 1 is 1.04 bits per heavy atom. The van der Waals surface area contributed by atoms with Gasteiger partial charge in [0.05, 0.1) is 12.3 Å². The maximum Gasteiger partial charge on any atom is 0.426 e. The van der Waals surface area contributed by atoms with Crippen molar-refractivity contribution in [2.75, 3.05) is 5.32 Å². The summed E-state index contributed by atoms with van der Waals surface area (Å²) in [6.07, 6.45) is -10.3. The number of rotatable bonds is 13. The highest BCUT2D eigenvalue weighted by molar-refractivity contribution is 5.89. The molecule has 1 N–H and O–H groups in total. The third-order valence-electron chi connectivity index (χ3n) is 6.20. The minimum Gasteiger partial charge on any atom is -0.474 e. The van der Waals surface area contributed by atoms with Gasteiger partial charge < -0.3 is 18.6 Å². The molecule has 1 aromatic carbocycles. The van der Waals surface area contributed by atoms with Crippen molar-refractivity contribution in [3.63, 3.8) is 0 Å². The van der Waals surface area contributed by atoms with E-state index in [4.69, 9.17) is 18.6 Å². The van der Waals surface area contributed by atoms with Crippen LogP contribution in [-0.2, 0) is 27.9 Å². The average molecular weight is 657 g/mol. The van der Waals surface area contributed by atoms with E-state index >= 15 is 0 Å². The molecule has 1 amide bonds. The zero-order chi connectivity index (χ0) is 34.3. The largest absolute Gasteiger partial charge is 0.474 e. The SMILES string of the molecule is C=CCCC(OCc1ccccc1)(c1nnc(-c2nc(OC(C)CC=C)c(C(F)(F)F)cc2NC(=O)OC(C)(C)C)o1)C(F)(F)F. The third kappa shape index (κ3) is 9.08. The smallest absolute Gasteiger partial charge is 0.426 e. The van der Waals surface area contributed by atoms with E-state index in [0.717, 1.165) is 0 Å². The molecule has 0 spiro atoms. The average Bonchev–Trinajstić information content (AvgIpc) is 3.42. The second-order valence-electron chi connectivity index (χ2n) is 11.2. The van der Waals surface area contributed by atoms with E-state index in [2.05, 4.69) is 33.7 Å². The van der Waals surface area contributed by atoms with Gasteiger partial charge in [-0.2, -0.15) is 26.3 Å². The highest BCUT2D eigenvalue weighted by atomic mass is 19.4. The van der Waals surface area contributed by atoms with E-state index in [1.165, 1.54) is 39.8 Å². The first-order valence-corrected chi connectivity index (χ1v) is 14.0. The summed E-state index contributed by atoms with van der Waals surface area (Å²) >= 11 is 0. The summed E-state index contributed by atoms with van der Waals surface area (Å²) in [4.78, 5) is 16.5. The van der Waals surface area contributed by atoms with Crippen molar-refractivity contribution in [2.45, 2.75) is 83.2 Å². The molecule has 2 atom stereocenters. The summed E-state index contributed by atoms with van der Waals surface area (Å²) in [5, 5.41) is 9.45. The van der Waals surface area contributed by atoms with Gasteiger partial charge in [-0.3, -0.25) is 5.32 Å². The quantitative estimate of drug-likeness (QED) is 0.144. The predicted octanol–water partition coefficient (Wildman–Crippen LogP) is 8.78. The number of carbonyl (C=O) groups is 1. The fraction of sp³-hybridized carbons (Fsp3) is 0.419. The number of carbonyl (C=O) groups excluding carboxylic acids is 1. The summed E-state index contributed by atoms with van der Waals surface area (Å²) in [5.41, 5.74) is -6.43. The van der Waals surface area contributed by atoms with Crippen LogP contribution in [-0.4, -0.2) is 39.2 Å². The fourth-order valence-electron chi connectivity index (χ4n) is 4.09. The number of hydrogen-bond donors (Lipinski definition) is 1. The number of nitrogens with zero attached hydrogens (tertiary/aromatic N) is 3. The first kappa shape index (κ1) is 36.1. The van der Waals surface area contributed by atoms with E-state index in [-0.39, 0.29) is 12.8 Å². The van der Waals surface area contributed by atoms with Crippen LogP contribution in [0.25, 0.3) is 11.6 Å². The normalized spacial score (nSPS) is 14.2. The summed E-state index contributed by atoms with van der Waals surface area (Å²) in [7, 11) is 0. The number of hydrogen-bond acceptors (Lipinski definition) is 8. The number of nitrogens with one attached hydrogen (secondary N) is 1. The van der Waals surface area contributed by atoms with Crippen LogP contribution in [0.15, 0.2) is 66.1 Å². The van der Waals surface area contributed by atoms with Crippen LogP contribution < -0.4 is 10.1 Å². The van der Waals surface area contributed by atoms with Crippen LogP contribution in [0.1, 0.15) is 64.0 Å². The predicted molar refractivity (Wildman–Crippen MR) is 156 cm³/mol. The molecule has 2 heterocycles. The molecule has 15 heteroatoms. The lowest BCUT2D eigenvalue weighted by atomic mass is 9.96. The molecular formula is C31H34F6N4O5. The number of aromatic nitrogens is 3. The lowest BCUT2D eigenvalue weighted by Crippen LogP contribution is -2.45. The van der Waals surface area contributed by atoms with E-state index in [9.17, 15) is 31.1 Å². The highest BCUT2D eigenvalue weighted by Crippen LogP contribution is 2.47. The third-order valence-corrected chi connectivity index (χ3v) is 6.20. The molecule has 0 aliphatic carbocycles. The molecule has 0 fully saturated rings. The molecule has 3 aromatic rings. The number of anilines is 1. The van der Waals surface area contributed by atoms with Crippen molar-refractivity contribution in [1.29, 1.82) is 0 Å². The lowest BCUT2D eigenvalue weighted by Gasteiger charge is -2.32. The number of ether oxygens (including phenoxy) is 3. The number of halogens is 6. The monoisotopic (exact) mass is 656 g/mol. The Balaban J connectivity index is 2.22. The molecule has 0 aliphatic heterocycles. The summed E-state index contributed by atoms with van der Waals surface area (Å²) in [6.45, 7) is 12.5. The van der Waals surface area contributed by atoms with E-state index in [1.807, 2.05) is 0 Å². The Labute approximate surface area is 261 Å². The number of alkyl halides is 6. The van der Waals surface area contributed by atoms with E-state index < -0.39 is 83.4 Å². The van der Waals surface area contributed by atoms with Gasteiger partial charge in [-0.15, -0.1) is 23.4 Å². The highest BCUT2D eigenvalue weighted by Gasteiger charge is 2.61. The molecule has 0 aliphatic rings. The van der Waals surface area contributed by atoms with Crippen molar-refractivity contribution in [3.8, 4) is 17.5 Å². The van der Waals surface area contributed by atoms with Crippen LogP contribution in [0, 0.1) is 0 Å². The molecular weight excluding hydrogens is 622 g/mol. The number of benzene rings is 1. The maximum absolute atomic E-state index is 14.8. The van der Waals surface area contributed by atoms with Crippen molar-refractivity contribution in [3.05, 3.63) is 78.7 Å². The molecule has 9 nitrogen and oxygen atoms in total. The Hall–Kier alpha value is -4.40. The molecule has 0 bridgehead atoms. The number of allylic oxidation sites excluding steroid dienone is 1. The molecule has 0 saturated carbocycles. The number of amides is 1. The standard InChI is InChI=1S/C31H34F6N4O5/c1-7-9-16-29(31(35,36)37,43-18-20-14-11-10-12-15-20)26-41-40-25(45-26)23-22(38-27(42)46-28(4,5)6)17-21(30(32,33)34)24(39-23)44-19(3)13-8-2/h7-8,10-12,14-15,17,19H,1-2,9,13,16,18H2,3-6H3,(H,38,42). The van der Waals surface area contributed by atoms with Crippen molar-refractivity contribution >= 4 is 11.8 Å². The maximum atomic E-state index is 14.8. The van der Waals surface area contributed by atoms with Gasteiger partial charge in [-0.05, 0) is 52.2 Å². The van der Waals surface area contributed by atoms with Gasteiger partial charge in [0, 0.05) is 6.42 Å². The first-order chi connectivity index (χ1) is 21.4. The molecule has 3 rings (SSSR count). The van der Waals surface area contributed by atoms with Gasteiger partial charge in [0.2, 0.25) is 11.5 Å². The second kappa shape index (κ2) is 14.4. The Morgan fingerprint density at radius 2 is 1.72 bits per heavy atom. The van der Waals surface area contributed by atoms with Gasteiger partial charge in [0.25, 0.3) is 11.8 Å². The Bertz CT molecular complexity index is 1500. The zero-order valence-corrected chi connectivity index (χ0v) is 25.6. The van der Waals surface area contributed by atoms with Gasteiger partial charge in [0.1, 0.15) is 17.3 Å². The van der Waals surface area contributed by atoms with Crippen LogP contribution >= 0.6 is 0 Å². The molecule has 46 heavy (non-hydrogen) atoms. The lowest BCUT2D eigenvalue weighted by molar-refractivity contribution is -0.299. The molecule has 0 radical (unpaired) electrons. The van der Waals surface area contributed by atoms with E-state index in [1.54, 1.807) is 30.3 Å². The van der Waals surface area contributed by atoms with Gasteiger partial charge in [-0.25, -0.2) is 9.78 Å². The van der Waals surface area contributed by atoms with Crippen LogP contribution in [0.5, 0.6) is 5.88 Å². The molecule has 0 saturated heterocycles. The van der Waals surface area contributed by atoms with Crippen molar-refractivity contribution in [2.24, 2.45) is 0 Å². The second-order valence-corrected chi connectivity index (χ2v) is 11.2. The summed E-state index contributed by atoms with van der Waals surface area (Å²) < 4.78 is 109. The van der Waals surface area contributed by atoms with Crippen molar-refractivity contribution < 1.29 is 49.8 Å². The zero-order valence-electron chi connectivity index (χ0n) is 25.6.